The van der Waals surface area contributed by atoms with Gasteiger partial charge in [0.15, 0.2) is 0 Å². The molecule has 1 aliphatic rings. The van der Waals surface area contributed by atoms with E-state index in [1.807, 2.05) is 6.92 Å². The van der Waals surface area contributed by atoms with Crippen LogP contribution in [0.1, 0.15) is 45.4 Å². The summed E-state index contributed by atoms with van der Waals surface area (Å²) < 4.78 is 0. The molecule has 1 atom stereocenters. The van der Waals surface area contributed by atoms with Crippen molar-refractivity contribution in [3.8, 4) is 0 Å². The molecule has 1 unspecified atom stereocenters. The third-order valence-corrected chi connectivity index (χ3v) is 2.59. The molecule has 1 rings (SSSR count). The van der Waals surface area contributed by atoms with Crippen LogP contribution in [-0.2, 0) is 9.59 Å². The number of nitrogens with one attached hydrogen (secondary N) is 1. The monoisotopic (exact) mass is 213 g/mol. The van der Waals surface area contributed by atoms with Crippen LogP contribution in [0, 0.1) is 5.92 Å². The predicted molar refractivity (Wildman–Crippen MR) is 56.4 cm³/mol. The Morgan fingerprint density at radius 1 is 1.47 bits per heavy atom. The van der Waals surface area contributed by atoms with E-state index >= 15 is 0 Å². The molecular formula is C11H19NO3. The van der Waals surface area contributed by atoms with Gasteiger partial charge in [0.2, 0.25) is 5.91 Å². The maximum atomic E-state index is 11.5. The first kappa shape index (κ1) is 12.0. The lowest BCUT2D eigenvalue weighted by atomic mass is 10.1. The van der Waals surface area contributed by atoms with Gasteiger partial charge in [-0.3, -0.25) is 9.59 Å². The molecule has 0 aliphatic heterocycles. The molecule has 4 nitrogen and oxygen atoms in total. The Hall–Kier alpha value is -1.06. The number of aliphatic carboxylic acids is 1. The molecule has 86 valence electrons. The molecule has 1 fully saturated rings. The Morgan fingerprint density at radius 2 is 2.13 bits per heavy atom. The quantitative estimate of drug-likeness (QED) is 0.674. The summed E-state index contributed by atoms with van der Waals surface area (Å²) >= 11 is 0. The Balaban J connectivity index is 2.27. The van der Waals surface area contributed by atoms with Crippen LogP contribution in [0.4, 0.5) is 0 Å². The van der Waals surface area contributed by atoms with Crippen LogP contribution < -0.4 is 5.32 Å². The van der Waals surface area contributed by atoms with E-state index < -0.39 is 5.97 Å². The van der Waals surface area contributed by atoms with E-state index in [1.165, 1.54) is 0 Å². The van der Waals surface area contributed by atoms with Gasteiger partial charge in [-0.05, 0) is 25.2 Å². The summed E-state index contributed by atoms with van der Waals surface area (Å²) in [5.41, 5.74) is 0. The van der Waals surface area contributed by atoms with Crippen LogP contribution in [0.2, 0.25) is 0 Å². The zero-order valence-corrected chi connectivity index (χ0v) is 9.16. The minimum Gasteiger partial charge on any atom is -0.481 e. The van der Waals surface area contributed by atoms with Crippen molar-refractivity contribution < 1.29 is 14.7 Å². The van der Waals surface area contributed by atoms with E-state index in [-0.39, 0.29) is 18.4 Å². The molecule has 1 aliphatic carbocycles. The van der Waals surface area contributed by atoms with Crippen molar-refractivity contribution in [3.05, 3.63) is 0 Å². The van der Waals surface area contributed by atoms with Crippen molar-refractivity contribution in [3.63, 3.8) is 0 Å². The van der Waals surface area contributed by atoms with Crippen LogP contribution >= 0.6 is 0 Å². The van der Waals surface area contributed by atoms with Gasteiger partial charge in [-0.1, -0.05) is 13.3 Å². The number of carbonyl (C=O) groups excluding carboxylic acids is 1. The van der Waals surface area contributed by atoms with Crippen LogP contribution in [0.15, 0.2) is 0 Å². The SMILES string of the molecule is CCCC(CC(=O)O)NC(=O)CC1CC1. The smallest absolute Gasteiger partial charge is 0.305 e. The molecule has 0 aromatic heterocycles. The van der Waals surface area contributed by atoms with Gasteiger partial charge in [0.05, 0.1) is 6.42 Å². The van der Waals surface area contributed by atoms with E-state index in [9.17, 15) is 9.59 Å². The van der Waals surface area contributed by atoms with Crippen LogP contribution in [0.3, 0.4) is 0 Å². The van der Waals surface area contributed by atoms with E-state index in [2.05, 4.69) is 5.32 Å². The molecule has 0 aromatic rings. The number of hydrogen-bond donors (Lipinski definition) is 2. The molecule has 1 saturated carbocycles. The van der Waals surface area contributed by atoms with Gasteiger partial charge >= 0.3 is 5.97 Å². The highest BCUT2D eigenvalue weighted by Crippen LogP contribution is 2.32. The number of carboxylic acid groups (broad SMARTS) is 1. The van der Waals surface area contributed by atoms with E-state index in [0.717, 1.165) is 25.7 Å². The lowest BCUT2D eigenvalue weighted by molar-refractivity contribution is -0.137. The minimum atomic E-state index is -0.847. The summed E-state index contributed by atoms with van der Waals surface area (Å²) in [5, 5.41) is 11.5. The standard InChI is InChI=1S/C11H19NO3/c1-2-3-9(7-11(14)15)12-10(13)6-8-4-5-8/h8-9H,2-7H2,1H3,(H,12,13)(H,14,15). The Morgan fingerprint density at radius 3 is 2.60 bits per heavy atom. The minimum absolute atomic E-state index is 0.0113. The molecule has 0 spiro atoms. The zero-order valence-electron chi connectivity index (χ0n) is 9.16. The van der Waals surface area contributed by atoms with Gasteiger partial charge in [-0.2, -0.15) is 0 Å². The normalized spacial score (nSPS) is 17.1. The second-order valence-electron chi connectivity index (χ2n) is 4.30. The summed E-state index contributed by atoms with van der Waals surface area (Å²) in [6.07, 6.45) is 4.52. The highest BCUT2D eigenvalue weighted by atomic mass is 16.4. The van der Waals surface area contributed by atoms with Gasteiger partial charge in [0.1, 0.15) is 0 Å². The van der Waals surface area contributed by atoms with Gasteiger partial charge in [0, 0.05) is 12.5 Å². The summed E-state index contributed by atoms with van der Waals surface area (Å²) in [4.78, 5) is 22.0. The maximum Gasteiger partial charge on any atom is 0.305 e. The highest BCUT2D eigenvalue weighted by molar-refractivity contribution is 5.77. The largest absolute Gasteiger partial charge is 0.481 e. The topological polar surface area (TPSA) is 66.4 Å². The first-order valence-electron chi connectivity index (χ1n) is 5.63. The zero-order chi connectivity index (χ0) is 11.3. The third kappa shape index (κ3) is 5.40. The van der Waals surface area contributed by atoms with Crippen molar-refractivity contribution in [2.24, 2.45) is 5.92 Å². The Kier molecular flexibility index (Phi) is 4.59. The fourth-order valence-corrected chi connectivity index (χ4v) is 1.66. The lowest BCUT2D eigenvalue weighted by Crippen LogP contribution is -2.36. The molecule has 0 saturated heterocycles. The summed E-state index contributed by atoms with van der Waals surface area (Å²) in [6, 6.07) is -0.196. The summed E-state index contributed by atoms with van der Waals surface area (Å²) in [6.45, 7) is 1.99. The molecule has 0 aromatic carbocycles. The van der Waals surface area contributed by atoms with Crippen molar-refractivity contribution in [1.29, 1.82) is 0 Å². The molecule has 0 heterocycles. The van der Waals surface area contributed by atoms with Crippen LogP contribution in [0.5, 0.6) is 0 Å². The molecule has 0 bridgehead atoms. The molecule has 0 radical (unpaired) electrons. The highest BCUT2D eigenvalue weighted by Gasteiger charge is 2.25. The lowest BCUT2D eigenvalue weighted by Gasteiger charge is -2.15. The Bertz CT molecular complexity index is 236. The van der Waals surface area contributed by atoms with Crippen LogP contribution in [-0.4, -0.2) is 23.0 Å². The first-order valence-corrected chi connectivity index (χ1v) is 5.63. The number of rotatable bonds is 7. The van der Waals surface area contributed by atoms with Gasteiger partial charge in [0.25, 0.3) is 0 Å². The molecule has 1 amide bonds. The Labute approximate surface area is 90.0 Å². The van der Waals surface area contributed by atoms with Crippen molar-refractivity contribution in [2.75, 3.05) is 0 Å². The third-order valence-electron chi connectivity index (χ3n) is 2.59. The second kappa shape index (κ2) is 5.73. The van der Waals surface area contributed by atoms with E-state index in [4.69, 9.17) is 5.11 Å². The molecule has 4 heteroatoms. The van der Waals surface area contributed by atoms with Crippen molar-refractivity contribution >= 4 is 11.9 Å². The van der Waals surface area contributed by atoms with E-state index in [0.29, 0.717) is 12.3 Å². The first-order chi connectivity index (χ1) is 7.11. The summed E-state index contributed by atoms with van der Waals surface area (Å²) in [5.74, 6) is -0.283. The molecule has 2 N–H and O–H groups in total. The number of carbonyl (C=O) groups is 2. The molecule has 15 heavy (non-hydrogen) atoms. The number of carboxylic acids is 1. The van der Waals surface area contributed by atoms with Crippen molar-refractivity contribution in [1.82, 2.24) is 5.32 Å². The van der Waals surface area contributed by atoms with Crippen molar-refractivity contribution in [2.45, 2.75) is 51.5 Å². The average molecular weight is 213 g/mol. The van der Waals surface area contributed by atoms with E-state index in [1.54, 1.807) is 0 Å². The number of hydrogen-bond acceptors (Lipinski definition) is 2. The fourth-order valence-electron chi connectivity index (χ4n) is 1.66. The predicted octanol–water partition coefficient (Wildman–Crippen LogP) is 1.55. The fraction of sp³-hybridized carbons (Fsp3) is 0.818. The maximum absolute atomic E-state index is 11.5. The summed E-state index contributed by atoms with van der Waals surface area (Å²) in [7, 11) is 0. The van der Waals surface area contributed by atoms with Gasteiger partial charge in [-0.15, -0.1) is 0 Å². The number of amides is 1. The average Bonchev–Trinajstić information content (AvgIpc) is 2.86. The van der Waals surface area contributed by atoms with Gasteiger partial charge < -0.3 is 10.4 Å². The molecular weight excluding hydrogens is 194 g/mol. The second-order valence-corrected chi connectivity index (χ2v) is 4.30. The van der Waals surface area contributed by atoms with Crippen LogP contribution in [0.25, 0.3) is 0 Å². The van der Waals surface area contributed by atoms with Gasteiger partial charge in [-0.25, -0.2) is 0 Å².